The highest BCUT2D eigenvalue weighted by atomic mass is 32.2. The quantitative estimate of drug-likeness (QED) is 0.439. The van der Waals surface area contributed by atoms with Gasteiger partial charge in [-0.05, 0) is 17.2 Å². The standard InChI is InChI=1S/C14H14N4O2S/c15-11-7-12(16)18-14(17-11)21-8-10-4-2-1-3-9(10)5-6-13(19)20/h1-7H,8H2,(H,19,20)(H4,15,16,17,18). The van der Waals surface area contributed by atoms with Crippen molar-refractivity contribution in [1.82, 2.24) is 9.97 Å². The van der Waals surface area contributed by atoms with Gasteiger partial charge in [0, 0.05) is 17.9 Å². The summed E-state index contributed by atoms with van der Waals surface area (Å²) in [5, 5.41) is 9.19. The first-order valence-corrected chi connectivity index (χ1v) is 7.05. The van der Waals surface area contributed by atoms with Crippen LogP contribution in [0.5, 0.6) is 0 Å². The van der Waals surface area contributed by atoms with Gasteiger partial charge >= 0.3 is 5.97 Å². The molecule has 1 aromatic heterocycles. The van der Waals surface area contributed by atoms with Crippen molar-refractivity contribution in [2.75, 3.05) is 11.5 Å². The van der Waals surface area contributed by atoms with Gasteiger partial charge in [-0.1, -0.05) is 36.0 Å². The number of carboxylic acid groups (broad SMARTS) is 1. The zero-order valence-corrected chi connectivity index (χ0v) is 11.9. The average Bonchev–Trinajstić information content (AvgIpc) is 2.42. The van der Waals surface area contributed by atoms with Crippen molar-refractivity contribution in [2.45, 2.75) is 10.9 Å². The molecule has 21 heavy (non-hydrogen) atoms. The van der Waals surface area contributed by atoms with E-state index in [4.69, 9.17) is 16.6 Å². The molecule has 0 saturated carbocycles. The zero-order valence-electron chi connectivity index (χ0n) is 11.1. The fourth-order valence-electron chi connectivity index (χ4n) is 1.66. The number of aliphatic carboxylic acids is 1. The van der Waals surface area contributed by atoms with Gasteiger partial charge in [-0.25, -0.2) is 14.8 Å². The molecule has 0 saturated heterocycles. The Bertz CT molecular complexity index is 668. The van der Waals surface area contributed by atoms with Gasteiger partial charge in [0.25, 0.3) is 0 Å². The summed E-state index contributed by atoms with van der Waals surface area (Å²) in [5.74, 6) is 0.251. The second kappa shape index (κ2) is 6.76. The second-order valence-electron chi connectivity index (χ2n) is 4.16. The van der Waals surface area contributed by atoms with Crippen molar-refractivity contribution in [3.8, 4) is 0 Å². The summed E-state index contributed by atoms with van der Waals surface area (Å²) in [6, 6.07) is 9.01. The van der Waals surface area contributed by atoms with E-state index in [-0.39, 0.29) is 0 Å². The summed E-state index contributed by atoms with van der Waals surface area (Å²) in [6.45, 7) is 0. The van der Waals surface area contributed by atoms with Gasteiger partial charge in [0.15, 0.2) is 5.16 Å². The summed E-state index contributed by atoms with van der Waals surface area (Å²) in [7, 11) is 0. The lowest BCUT2D eigenvalue weighted by atomic mass is 10.1. The fraction of sp³-hybridized carbons (Fsp3) is 0.0714. The molecule has 0 spiro atoms. The topological polar surface area (TPSA) is 115 Å². The predicted molar refractivity (Wildman–Crippen MR) is 83.5 cm³/mol. The van der Waals surface area contributed by atoms with Crippen LogP contribution in [0, 0.1) is 0 Å². The highest BCUT2D eigenvalue weighted by Crippen LogP contribution is 2.23. The Morgan fingerprint density at radius 3 is 2.57 bits per heavy atom. The number of rotatable bonds is 5. The van der Waals surface area contributed by atoms with Gasteiger partial charge < -0.3 is 16.6 Å². The molecule has 0 radical (unpaired) electrons. The van der Waals surface area contributed by atoms with Crippen molar-refractivity contribution >= 4 is 35.4 Å². The highest BCUT2D eigenvalue weighted by molar-refractivity contribution is 7.98. The van der Waals surface area contributed by atoms with Crippen LogP contribution in [-0.2, 0) is 10.5 Å². The number of benzene rings is 1. The molecule has 0 unspecified atom stereocenters. The van der Waals surface area contributed by atoms with Gasteiger partial charge in [0.1, 0.15) is 11.6 Å². The maximum Gasteiger partial charge on any atom is 0.328 e. The lowest BCUT2D eigenvalue weighted by Gasteiger charge is -2.06. The van der Waals surface area contributed by atoms with Crippen LogP contribution >= 0.6 is 11.8 Å². The normalized spacial score (nSPS) is 10.9. The molecule has 2 rings (SSSR count). The first kappa shape index (κ1) is 14.9. The van der Waals surface area contributed by atoms with Crippen LogP contribution in [0.3, 0.4) is 0 Å². The third-order valence-corrected chi connectivity index (χ3v) is 3.46. The van der Waals surface area contributed by atoms with Gasteiger partial charge in [0.05, 0.1) is 0 Å². The zero-order chi connectivity index (χ0) is 15.2. The van der Waals surface area contributed by atoms with E-state index in [1.54, 1.807) is 6.08 Å². The van der Waals surface area contributed by atoms with E-state index in [2.05, 4.69) is 9.97 Å². The summed E-state index contributed by atoms with van der Waals surface area (Å²) < 4.78 is 0. The molecule has 0 aliphatic rings. The molecule has 0 aliphatic heterocycles. The molecular formula is C14H14N4O2S. The summed E-state index contributed by atoms with van der Waals surface area (Å²) >= 11 is 1.39. The number of nitrogens with zero attached hydrogens (tertiary/aromatic N) is 2. The van der Waals surface area contributed by atoms with E-state index in [1.807, 2.05) is 24.3 Å². The average molecular weight is 302 g/mol. The minimum atomic E-state index is -0.982. The molecule has 7 heteroatoms. The van der Waals surface area contributed by atoms with E-state index >= 15 is 0 Å². The van der Waals surface area contributed by atoms with Crippen molar-refractivity contribution in [2.24, 2.45) is 0 Å². The molecule has 1 aromatic carbocycles. The van der Waals surface area contributed by atoms with E-state index < -0.39 is 5.97 Å². The first-order chi connectivity index (χ1) is 10.0. The number of nitrogens with two attached hydrogens (primary N) is 2. The molecule has 108 valence electrons. The molecule has 0 bridgehead atoms. The van der Waals surface area contributed by atoms with E-state index in [0.29, 0.717) is 22.5 Å². The van der Waals surface area contributed by atoms with Gasteiger partial charge in [0.2, 0.25) is 0 Å². The Balaban J connectivity index is 2.14. The maximum atomic E-state index is 10.6. The van der Waals surface area contributed by atoms with Crippen molar-refractivity contribution in [3.05, 3.63) is 47.5 Å². The number of carboxylic acids is 1. The number of thioether (sulfide) groups is 1. The molecule has 0 atom stereocenters. The number of hydrogen-bond acceptors (Lipinski definition) is 6. The Morgan fingerprint density at radius 1 is 1.24 bits per heavy atom. The second-order valence-corrected chi connectivity index (χ2v) is 5.10. The van der Waals surface area contributed by atoms with Crippen LogP contribution in [0.2, 0.25) is 0 Å². The lowest BCUT2D eigenvalue weighted by molar-refractivity contribution is -0.131. The lowest BCUT2D eigenvalue weighted by Crippen LogP contribution is -1.99. The predicted octanol–water partition coefficient (Wildman–Crippen LogP) is 2.03. The van der Waals surface area contributed by atoms with E-state index in [9.17, 15) is 4.79 Å². The largest absolute Gasteiger partial charge is 0.478 e. The number of carbonyl (C=O) groups is 1. The van der Waals surface area contributed by atoms with E-state index in [1.165, 1.54) is 17.8 Å². The Hall–Kier alpha value is -2.54. The van der Waals surface area contributed by atoms with Crippen LogP contribution < -0.4 is 11.5 Å². The molecule has 0 aliphatic carbocycles. The summed E-state index contributed by atoms with van der Waals surface area (Å²) in [4.78, 5) is 18.8. The molecule has 0 fully saturated rings. The molecule has 5 N–H and O–H groups in total. The molecule has 6 nitrogen and oxygen atoms in total. The first-order valence-electron chi connectivity index (χ1n) is 6.06. The van der Waals surface area contributed by atoms with Crippen LogP contribution in [0.1, 0.15) is 11.1 Å². The Morgan fingerprint density at radius 2 is 1.90 bits per heavy atom. The van der Waals surface area contributed by atoms with Crippen molar-refractivity contribution in [1.29, 1.82) is 0 Å². The van der Waals surface area contributed by atoms with Crippen LogP contribution in [0.25, 0.3) is 6.08 Å². The smallest absolute Gasteiger partial charge is 0.328 e. The fourth-order valence-corrected chi connectivity index (χ4v) is 2.55. The number of aromatic nitrogens is 2. The molecular weight excluding hydrogens is 288 g/mol. The van der Waals surface area contributed by atoms with Gasteiger partial charge in [-0.15, -0.1) is 0 Å². The minimum Gasteiger partial charge on any atom is -0.478 e. The SMILES string of the molecule is Nc1cc(N)nc(SCc2ccccc2C=CC(=O)O)n1. The number of hydrogen-bond donors (Lipinski definition) is 3. The van der Waals surface area contributed by atoms with Crippen LogP contribution in [-0.4, -0.2) is 21.0 Å². The number of anilines is 2. The Labute approximate surface area is 125 Å². The molecule has 1 heterocycles. The third-order valence-electron chi connectivity index (χ3n) is 2.56. The molecule has 2 aromatic rings. The van der Waals surface area contributed by atoms with Crippen molar-refractivity contribution < 1.29 is 9.90 Å². The summed E-state index contributed by atoms with van der Waals surface area (Å²) in [5.41, 5.74) is 13.1. The number of nitrogen functional groups attached to an aromatic ring is 2. The van der Waals surface area contributed by atoms with Gasteiger partial charge in [-0.2, -0.15) is 0 Å². The summed E-state index contributed by atoms with van der Waals surface area (Å²) in [6.07, 6.45) is 2.67. The monoisotopic (exact) mass is 302 g/mol. The third kappa shape index (κ3) is 4.50. The van der Waals surface area contributed by atoms with Crippen LogP contribution in [0.4, 0.5) is 11.6 Å². The maximum absolute atomic E-state index is 10.6. The van der Waals surface area contributed by atoms with Gasteiger partial charge in [-0.3, -0.25) is 0 Å². The van der Waals surface area contributed by atoms with Crippen molar-refractivity contribution in [3.63, 3.8) is 0 Å². The van der Waals surface area contributed by atoms with Crippen LogP contribution in [0.15, 0.2) is 41.6 Å². The highest BCUT2D eigenvalue weighted by Gasteiger charge is 2.05. The molecule has 0 amide bonds. The van der Waals surface area contributed by atoms with E-state index in [0.717, 1.165) is 17.2 Å². The minimum absolute atomic E-state index is 0.323. The Kier molecular flexibility index (Phi) is 4.78.